The molecule has 132 valence electrons. The van der Waals surface area contributed by atoms with Crippen molar-refractivity contribution in [3.05, 3.63) is 35.6 Å². The minimum atomic E-state index is -1.36. The summed E-state index contributed by atoms with van der Waals surface area (Å²) in [4.78, 5) is 16.5. The van der Waals surface area contributed by atoms with Gasteiger partial charge in [0.25, 0.3) is 5.91 Å². The van der Waals surface area contributed by atoms with Gasteiger partial charge in [0.05, 0.1) is 6.10 Å². The summed E-state index contributed by atoms with van der Waals surface area (Å²) in [7, 11) is 0. The number of rotatable bonds is 4. The molecule has 2 aliphatic heterocycles. The van der Waals surface area contributed by atoms with Crippen LogP contribution in [-0.4, -0.2) is 63.8 Å². The van der Waals surface area contributed by atoms with Crippen LogP contribution in [0.25, 0.3) is 0 Å². The number of aliphatic hydroxyl groups excluding tert-OH is 1. The van der Waals surface area contributed by atoms with E-state index in [1.807, 2.05) is 0 Å². The molecule has 0 bridgehead atoms. The van der Waals surface area contributed by atoms with Crippen LogP contribution in [0.5, 0.6) is 0 Å². The van der Waals surface area contributed by atoms with Crippen molar-refractivity contribution < 1.29 is 19.4 Å². The van der Waals surface area contributed by atoms with Gasteiger partial charge in [-0.3, -0.25) is 9.69 Å². The van der Waals surface area contributed by atoms with E-state index in [-0.39, 0.29) is 17.8 Å². The molecule has 1 aromatic rings. The van der Waals surface area contributed by atoms with Crippen LogP contribution in [0.1, 0.15) is 31.2 Å². The van der Waals surface area contributed by atoms with E-state index in [4.69, 9.17) is 0 Å². The maximum absolute atomic E-state index is 13.0. The first kappa shape index (κ1) is 17.3. The molecular formula is C18H25FN2O3. The van der Waals surface area contributed by atoms with Crippen LogP contribution in [-0.2, 0) is 11.3 Å². The summed E-state index contributed by atoms with van der Waals surface area (Å²) in [6, 6.07) is 6.11. The fourth-order valence-corrected chi connectivity index (χ4v) is 3.62. The Morgan fingerprint density at radius 3 is 2.50 bits per heavy atom. The highest BCUT2D eigenvalue weighted by molar-refractivity contribution is 5.86. The first-order valence-electron chi connectivity index (χ1n) is 8.63. The normalized spacial score (nSPS) is 26.8. The highest BCUT2D eigenvalue weighted by Gasteiger charge is 2.43. The van der Waals surface area contributed by atoms with Gasteiger partial charge >= 0.3 is 0 Å². The molecule has 0 saturated carbocycles. The maximum Gasteiger partial charge on any atom is 0.256 e. The van der Waals surface area contributed by atoms with E-state index < -0.39 is 5.60 Å². The van der Waals surface area contributed by atoms with Gasteiger partial charge in [-0.2, -0.15) is 0 Å². The van der Waals surface area contributed by atoms with Gasteiger partial charge in [0.1, 0.15) is 5.82 Å². The van der Waals surface area contributed by atoms with E-state index in [0.717, 1.165) is 12.0 Å². The fourth-order valence-electron chi connectivity index (χ4n) is 3.62. The van der Waals surface area contributed by atoms with E-state index in [1.54, 1.807) is 17.0 Å². The van der Waals surface area contributed by atoms with E-state index in [1.165, 1.54) is 12.1 Å². The van der Waals surface area contributed by atoms with E-state index in [2.05, 4.69) is 4.90 Å². The zero-order valence-electron chi connectivity index (χ0n) is 13.8. The molecule has 0 aromatic heterocycles. The lowest BCUT2D eigenvalue weighted by molar-refractivity contribution is -0.160. The number of β-amino-alcohol motifs (C(OH)–C–C–N with tert-alkyl or cyclic N) is 1. The number of halogens is 1. The summed E-state index contributed by atoms with van der Waals surface area (Å²) in [5.74, 6) is -0.545. The number of nitrogens with zero attached hydrogens (tertiary/aromatic N) is 2. The third-order valence-corrected chi connectivity index (χ3v) is 5.03. The van der Waals surface area contributed by atoms with Crippen molar-refractivity contribution in [2.24, 2.45) is 0 Å². The van der Waals surface area contributed by atoms with Crippen molar-refractivity contribution in [2.75, 3.05) is 26.2 Å². The molecule has 2 saturated heterocycles. The van der Waals surface area contributed by atoms with Crippen molar-refractivity contribution in [1.82, 2.24) is 9.80 Å². The summed E-state index contributed by atoms with van der Waals surface area (Å²) in [5.41, 5.74) is -0.504. The molecule has 1 aromatic carbocycles. The van der Waals surface area contributed by atoms with Crippen molar-refractivity contribution in [3.8, 4) is 0 Å². The van der Waals surface area contributed by atoms with Crippen LogP contribution in [0.2, 0.25) is 0 Å². The Bertz CT molecular complexity index is 572. The molecule has 3 rings (SSSR count). The van der Waals surface area contributed by atoms with Gasteiger partial charge in [0.15, 0.2) is 5.60 Å². The highest BCUT2D eigenvalue weighted by atomic mass is 19.1. The van der Waals surface area contributed by atoms with E-state index in [0.29, 0.717) is 52.0 Å². The van der Waals surface area contributed by atoms with Gasteiger partial charge in [-0.25, -0.2) is 4.39 Å². The van der Waals surface area contributed by atoms with Gasteiger partial charge in [0.2, 0.25) is 0 Å². The second kappa shape index (κ2) is 7.17. The number of piperidine rings is 2. The van der Waals surface area contributed by atoms with Crippen LogP contribution >= 0.6 is 0 Å². The molecule has 2 fully saturated rings. The van der Waals surface area contributed by atoms with Gasteiger partial charge in [-0.1, -0.05) is 12.1 Å². The van der Waals surface area contributed by atoms with Gasteiger partial charge in [-0.05, 0) is 43.4 Å². The smallest absolute Gasteiger partial charge is 0.256 e. The van der Waals surface area contributed by atoms with Crippen molar-refractivity contribution in [3.63, 3.8) is 0 Å². The van der Waals surface area contributed by atoms with Gasteiger partial charge < -0.3 is 15.1 Å². The second-order valence-corrected chi connectivity index (χ2v) is 7.00. The number of carbonyl (C=O) groups is 1. The van der Waals surface area contributed by atoms with Crippen LogP contribution in [0.15, 0.2) is 24.3 Å². The largest absolute Gasteiger partial charge is 0.393 e. The number of amides is 1. The standard InChI is InChI=1S/C18H25FN2O3/c19-15-4-2-14(3-5-15)12-21-9-1-8-18(24,17(21)23)13-20-10-6-16(22)7-11-20/h2-5,16,22,24H,1,6-13H2/t18-/m1/s1. The average molecular weight is 336 g/mol. The predicted octanol–water partition coefficient (Wildman–Crippen LogP) is 1.14. The minimum Gasteiger partial charge on any atom is -0.393 e. The number of hydrogen-bond acceptors (Lipinski definition) is 4. The lowest BCUT2D eigenvalue weighted by Gasteiger charge is -2.42. The minimum absolute atomic E-state index is 0.246. The Balaban J connectivity index is 1.63. The molecule has 1 amide bonds. The number of benzene rings is 1. The topological polar surface area (TPSA) is 64.0 Å². The third-order valence-electron chi connectivity index (χ3n) is 5.03. The Labute approximate surface area is 141 Å². The Hall–Kier alpha value is -1.50. The molecule has 2 aliphatic rings. The molecule has 0 radical (unpaired) electrons. The summed E-state index contributed by atoms with van der Waals surface area (Å²) >= 11 is 0. The Morgan fingerprint density at radius 1 is 1.17 bits per heavy atom. The molecule has 0 aliphatic carbocycles. The maximum atomic E-state index is 13.0. The number of likely N-dealkylation sites (tertiary alicyclic amines) is 2. The summed E-state index contributed by atoms with van der Waals surface area (Å²) in [6.07, 6.45) is 2.31. The number of aliphatic hydroxyl groups is 2. The SMILES string of the molecule is O=C1N(Cc2ccc(F)cc2)CCC[C@@]1(O)CN1CCC(O)CC1. The Morgan fingerprint density at radius 2 is 1.83 bits per heavy atom. The fraction of sp³-hybridized carbons (Fsp3) is 0.611. The van der Waals surface area contributed by atoms with Crippen molar-refractivity contribution in [1.29, 1.82) is 0 Å². The highest BCUT2D eigenvalue weighted by Crippen LogP contribution is 2.26. The summed E-state index contributed by atoms with van der Waals surface area (Å²) < 4.78 is 13.0. The lowest BCUT2D eigenvalue weighted by Crippen LogP contribution is -2.59. The van der Waals surface area contributed by atoms with E-state index in [9.17, 15) is 19.4 Å². The molecular weight excluding hydrogens is 311 g/mol. The van der Waals surface area contributed by atoms with Crippen LogP contribution in [0.4, 0.5) is 4.39 Å². The molecule has 0 unspecified atom stereocenters. The van der Waals surface area contributed by atoms with Crippen LogP contribution < -0.4 is 0 Å². The number of carbonyl (C=O) groups excluding carboxylic acids is 1. The molecule has 24 heavy (non-hydrogen) atoms. The van der Waals surface area contributed by atoms with Crippen LogP contribution in [0, 0.1) is 5.82 Å². The number of hydrogen-bond donors (Lipinski definition) is 2. The van der Waals surface area contributed by atoms with Gasteiger partial charge in [-0.15, -0.1) is 0 Å². The molecule has 2 N–H and O–H groups in total. The van der Waals surface area contributed by atoms with E-state index >= 15 is 0 Å². The molecule has 0 spiro atoms. The summed E-state index contributed by atoms with van der Waals surface area (Å²) in [6.45, 7) is 2.72. The molecule has 5 nitrogen and oxygen atoms in total. The first-order valence-corrected chi connectivity index (χ1v) is 8.63. The zero-order chi connectivity index (χ0) is 17.2. The lowest BCUT2D eigenvalue weighted by atomic mass is 9.90. The molecule has 2 heterocycles. The quantitative estimate of drug-likeness (QED) is 0.865. The molecule has 6 heteroatoms. The monoisotopic (exact) mass is 336 g/mol. The van der Waals surface area contributed by atoms with Crippen molar-refractivity contribution >= 4 is 5.91 Å². The third kappa shape index (κ3) is 3.94. The van der Waals surface area contributed by atoms with Gasteiger partial charge in [0, 0.05) is 32.7 Å². The second-order valence-electron chi connectivity index (χ2n) is 7.00. The predicted molar refractivity (Wildman–Crippen MR) is 87.7 cm³/mol. The van der Waals surface area contributed by atoms with Crippen molar-refractivity contribution in [2.45, 2.75) is 43.9 Å². The zero-order valence-corrected chi connectivity index (χ0v) is 13.8. The van der Waals surface area contributed by atoms with Crippen LogP contribution in [0.3, 0.4) is 0 Å². The first-order chi connectivity index (χ1) is 11.5. The summed E-state index contributed by atoms with van der Waals surface area (Å²) in [5, 5.41) is 20.5. The average Bonchev–Trinajstić information content (AvgIpc) is 2.56. The Kier molecular flexibility index (Phi) is 5.18. The molecule has 1 atom stereocenters.